The molecule has 0 spiro atoms. The lowest BCUT2D eigenvalue weighted by Gasteiger charge is -2.18. The maximum atomic E-state index is 11.7. The van der Waals surface area contributed by atoms with Gasteiger partial charge in [-0.15, -0.1) is 0 Å². The summed E-state index contributed by atoms with van der Waals surface area (Å²) in [5.74, 6) is 1.56. The quantitative estimate of drug-likeness (QED) is 0.310. The molecule has 0 amide bonds. The molecule has 2 N–H and O–H groups in total. The van der Waals surface area contributed by atoms with Crippen LogP contribution < -0.4 is 15.4 Å². The second kappa shape index (κ2) is 12.1. The number of hydrogen-bond acceptors (Lipinski definition) is 5. The Morgan fingerprint density at radius 3 is 2.77 bits per heavy atom. The summed E-state index contributed by atoms with van der Waals surface area (Å²) in [6, 6.07) is 6.17. The number of rotatable bonds is 11. The molecule has 1 saturated heterocycles. The van der Waals surface area contributed by atoms with E-state index in [1.807, 2.05) is 26.8 Å². The smallest absolute Gasteiger partial charge is 0.211 e. The van der Waals surface area contributed by atoms with Crippen LogP contribution in [0.4, 0.5) is 0 Å². The SMILES string of the molecule is CCNC(=NCc1ccc(C)cc1OC1CCOC1)NCCCN(CC)S(C)(=O)=O. The van der Waals surface area contributed by atoms with Gasteiger partial charge in [0.25, 0.3) is 0 Å². The van der Waals surface area contributed by atoms with Crippen molar-refractivity contribution in [3.8, 4) is 5.75 Å². The van der Waals surface area contributed by atoms with Crippen molar-refractivity contribution in [2.24, 2.45) is 4.99 Å². The lowest BCUT2D eigenvalue weighted by atomic mass is 10.1. The molecule has 1 heterocycles. The van der Waals surface area contributed by atoms with Crippen LogP contribution in [0, 0.1) is 6.92 Å². The van der Waals surface area contributed by atoms with E-state index in [0.29, 0.717) is 45.2 Å². The molecule has 8 nitrogen and oxygen atoms in total. The summed E-state index contributed by atoms with van der Waals surface area (Å²) >= 11 is 0. The Labute approximate surface area is 181 Å². The van der Waals surface area contributed by atoms with Gasteiger partial charge in [-0.1, -0.05) is 19.1 Å². The van der Waals surface area contributed by atoms with Crippen molar-refractivity contribution in [1.29, 1.82) is 0 Å². The van der Waals surface area contributed by atoms with Crippen molar-refractivity contribution in [3.63, 3.8) is 0 Å². The average molecular weight is 441 g/mol. The molecule has 0 bridgehead atoms. The van der Waals surface area contributed by atoms with Gasteiger partial charge in [0.2, 0.25) is 10.0 Å². The molecule has 1 atom stereocenters. The van der Waals surface area contributed by atoms with Crippen molar-refractivity contribution in [2.75, 3.05) is 45.6 Å². The molecule has 2 rings (SSSR count). The summed E-state index contributed by atoms with van der Waals surface area (Å²) in [7, 11) is -3.15. The number of hydrogen-bond donors (Lipinski definition) is 2. The maximum Gasteiger partial charge on any atom is 0.211 e. The fourth-order valence-electron chi connectivity index (χ4n) is 3.21. The molecule has 0 saturated carbocycles. The van der Waals surface area contributed by atoms with E-state index in [9.17, 15) is 8.42 Å². The molecule has 1 unspecified atom stereocenters. The number of ether oxygens (including phenoxy) is 2. The first-order valence-corrected chi connectivity index (χ1v) is 12.5. The van der Waals surface area contributed by atoms with E-state index in [-0.39, 0.29) is 6.10 Å². The zero-order valence-electron chi connectivity index (χ0n) is 18.6. The molecule has 1 aromatic rings. The van der Waals surface area contributed by atoms with Crippen LogP contribution in [0.15, 0.2) is 23.2 Å². The van der Waals surface area contributed by atoms with Gasteiger partial charge in [0.1, 0.15) is 11.9 Å². The fourth-order valence-corrected chi connectivity index (χ4v) is 4.14. The van der Waals surface area contributed by atoms with Crippen LogP contribution in [-0.4, -0.2) is 70.4 Å². The van der Waals surface area contributed by atoms with Gasteiger partial charge >= 0.3 is 0 Å². The molecule has 0 aromatic heterocycles. The Hall–Kier alpha value is -1.84. The van der Waals surface area contributed by atoms with Crippen LogP contribution >= 0.6 is 0 Å². The van der Waals surface area contributed by atoms with Crippen LogP contribution in [0.25, 0.3) is 0 Å². The van der Waals surface area contributed by atoms with Crippen LogP contribution in [0.2, 0.25) is 0 Å². The van der Waals surface area contributed by atoms with Crippen LogP contribution in [-0.2, 0) is 21.3 Å². The number of guanidine groups is 1. The highest BCUT2D eigenvalue weighted by atomic mass is 32.2. The fraction of sp³-hybridized carbons (Fsp3) is 0.667. The third kappa shape index (κ3) is 8.12. The topological polar surface area (TPSA) is 92.3 Å². The van der Waals surface area contributed by atoms with E-state index in [1.54, 1.807) is 0 Å². The largest absolute Gasteiger partial charge is 0.488 e. The van der Waals surface area contributed by atoms with E-state index < -0.39 is 10.0 Å². The van der Waals surface area contributed by atoms with Gasteiger partial charge in [0, 0.05) is 38.2 Å². The molecular weight excluding hydrogens is 404 g/mol. The highest BCUT2D eigenvalue weighted by Crippen LogP contribution is 2.24. The minimum atomic E-state index is -3.15. The van der Waals surface area contributed by atoms with Gasteiger partial charge in [-0.05, 0) is 31.9 Å². The first-order valence-electron chi connectivity index (χ1n) is 10.6. The van der Waals surface area contributed by atoms with E-state index in [4.69, 9.17) is 9.47 Å². The molecule has 9 heteroatoms. The summed E-state index contributed by atoms with van der Waals surface area (Å²) in [6.45, 7) is 10.1. The molecule has 1 fully saturated rings. The molecule has 1 aliphatic rings. The molecule has 170 valence electrons. The number of nitrogens with one attached hydrogen (secondary N) is 2. The molecule has 1 aliphatic heterocycles. The van der Waals surface area contributed by atoms with E-state index in [0.717, 1.165) is 36.4 Å². The molecule has 30 heavy (non-hydrogen) atoms. The summed E-state index contributed by atoms with van der Waals surface area (Å²) in [5, 5.41) is 6.52. The number of aryl methyl sites for hydroxylation is 1. The van der Waals surface area contributed by atoms with Crippen LogP contribution in [0.5, 0.6) is 5.75 Å². The lowest BCUT2D eigenvalue weighted by molar-refractivity contribution is 0.140. The third-order valence-corrected chi connectivity index (χ3v) is 6.23. The van der Waals surface area contributed by atoms with Gasteiger partial charge in [0.15, 0.2) is 5.96 Å². The minimum Gasteiger partial charge on any atom is -0.488 e. The van der Waals surface area contributed by atoms with E-state index in [2.05, 4.69) is 27.8 Å². The predicted octanol–water partition coefficient (Wildman–Crippen LogP) is 1.89. The molecule has 1 aromatic carbocycles. The zero-order valence-corrected chi connectivity index (χ0v) is 19.4. The summed E-state index contributed by atoms with van der Waals surface area (Å²) < 4.78 is 36.4. The Bertz CT molecular complexity index is 792. The first-order chi connectivity index (χ1) is 14.3. The molecular formula is C21H36N4O4S. The summed E-state index contributed by atoms with van der Waals surface area (Å²) in [6.07, 6.45) is 2.95. The molecule has 0 radical (unpaired) electrons. The van der Waals surface area contributed by atoms with Crippen molar-refractivity contribution >= 4 is 16.0 Å². The number of benzene rings is 1. The van der Waals surface area contributed by atoms with Gasteiger partial charge in [-0.3, -0.25) is 0 Å². The minimum absolute atomic E-state index is 0.0947. The van der Waals surface area contributed by atoms with Crippen molar-refractivity contribution in [1.82, 2.24) is 14.9 Å². The van der Waals surface area contributed by atoms with E-state index in [1.165, 1.54) is 10.6 Å². The van der Waals surface area contributed by atoms with E-state index >= 15 is 0 Å². The summed E-state index contributed by atoms with van der Waals surface area (Å²) in [5.41, 5.74) is 2.17. The molecule has 0 aliphatic carbocycles. The van der Waals surface area contributed by atoms with Crippen molar-refractivity contribution in [3.05, 3.63) is 29.3 Å². The highest BCUT2D eigenvalue weighted by Gasteiger charge is 2.19. The van der Waals surface area contributed by atoms with Gasteiger partial charge in [0.05, 0.1) is 26.0 Å². The second-order valence-electron chi connectivity index (χ2n) is 7.44. The third-order valence-electron chi connectivity index (χ3n) is 4.85. The number of sulfonamides is 1. The maximum absolute atomic E-state index is 11.7. The van der Waals surface area contributed by atoms with Crippen molar-refractivity contribution < 1.29 is 17.9 Å². The Kier molecular flexibility index (Phi) is 9.87. The van der Waals surface area contributed by atoms with Gasteiger partial charge in [-0.25, -0.2) is 17.7 Å². The first kappa shape index (κ1) is 24.4. The Morgan fingerprint density at radius 2 is 2.13 bits per heavy atom. The van der Waals surface area contributed by atoms with Gasteiger partial charge < -0.3 is 20.1 Å². The predicted molar refractivity (Wildman–Crippen MR) is 121 cm³/mol. The Balaban J connectivity index is 1.95. The average Bonchev–Trinajstić information content (AvgIpc) is 3.19. The number of nitrogens with zero attached hydrogens (tertiary/aromatic N) is 2. The Morgan fingerprint density at radius 1 is 1.33 bits per heavy atom. The standard InChI is InChI=1S/C21H36N4O4S/c1-5-22-21(23-11-7-12-25(6-2)30(4,26)27)24-15-18-9-8-17(3)14-20(18)29-19-10-13-28-16-19/h8-9,14,19H,5-7,10-13,15-16H2,1-4H3,(H2,22,23,24). The summed E-state index contributed by atoms with van der Waals surface area (Å²) in [4.78, 5) is 4.69. The van der Waals surface area contributed by atoms with Crippen LogP contribution in [0.3, 0.4) is 0 Å². The van der Waals surface area contributed by atoms with Gasteiger partial charge in [-0.2, -0.15) is 0 Å². The lowest BCUT2D eigenvalue weighted by Crippen LogP contribution is -2.39. The highest BCUT2D eigenvalue weighted by molar-refractivity contribution is 7.88. The monoisotopic (exact) mass is 440 g/mol. The van der Waals surface area contributed by atoms with Crippen molar-refractivity contribution in [2.45, 2.75) is 46.3 Å². The second-order valence-corrected chi connectivity index (χ2v) is 9.43. The van der Waals surface area contributed by atoms with Crippen LogP contribution in [0.1, 0.15) is 37.8 Å². The normalized spacial score (nSPS) is 17.4. The number of aliphatic imine (C=N–C) groups is 1. The zero-order chi connectivity index (χ0) is 22.0.